The molecule has 2 N–H and O–H groups in total. The SMILES string of the molecule is COc1cc(C(=O)OCC(=O)c2c(N)n(CC(C)C)c(=O)n(C)c2=O)cc(Cl)c1OC. The lowest BCUT2D eigenvalue weighted by Gasteiger charge is -2.16. The first-order valence-corrected chi connectivity index (χ1v) is 9.62. The van der Waals surface area contributed by atoms with E-state index >= 15 is 0 Å². The van der Waals surface area contributed by atoms with Crippen molar-refractivity contribution in [3.63, 3.8) is 0 Å². The maximum atomic E-state index is 12.7. The molecule has 168 valence electrons. The third kappa shape index (κ3) is 4.91. The Labute approximate surface area is 183 Å². The lowest BCUT2D eigenvalue weighted by atomic mass is 10.1. The molecule has 1 aromatic carbocycles. The van der Waals surface area contributed by atoms with Crippen molar-refractivity contribution in [3.8, 4) is 11.5 Å². The van der Waals surface area contributed by atoms with Gasteiger partial charge in [-0.25, -0.2) is 9.59 Å². The smallest absolute Gasteiger partial charge is 0.338 e. The van der Waals surface area contributed by atoms with Crippen LogP contribution >= 0.6 is 11.6 Å². The van der Waals surface area contributed by atoms with E-state index in [1.807, 2.05) is 13.8 Å². The zero-order chi connectivity index (χ0) is 23.5. The van der Waals surface area contributed by atoms with Gasteiger partial charge in [-0.15, -0.1) is 0 Å². The van der Waals surface area contributed by atoms with Crippen LogP contribution in [0.1, 0.15) is 34.6 Å². The molecule has 0 saturated heterocycles. The molecule has 0 fully saturated rings. The van der Waals surface area contributed by atoms with E-state index < -0.39 is 35.2 Å². The van der Waals surface area contributed by atoms with Crippen LogP contribution in [0.5, 0.6) is 11.5 Å². The highest BCUT2D eigenvalue weighted by molar-refractivity contribution is 6.32. The van der Waals surface area contributed by atoms with E-state index in [4.69, 9.17) is 31.5 Å². The average molecular weight is 454 g/mol. The number of esters is 1. The van der Waals surface area contributed by atoms with Crippen molar-refractivity contribution in [2.75, 3.05) is 26.6 Å². The molecule has 0 aliphatic rings. The molecular weight excluding hydrogens is 430 g/mol. The number of halogens is 1. The third-order valence-electron chi connectivity index (χ3n) is 4.41. The van der Waals surface area contributed by atoms with Crippen LogP contribution in [0.4, 0.5) is 5.82 Å². The first kappa shape index (κ1) is 24.0. The molecule has 0 atom stereocenters. The van der Waals surface area contributed by atoms with E-state index in [2.05, 4.69) is 0 Å². The number of anilines is 1. The summed E-state index contributed by atoms with van der Waals surface area (Å²) in [7, 11) is 4.01. The Bertz CT molecular complexity index is 1140. The molecule has 11 heteroatoms. The molecular formula is C20H24ClN3O7. The number of carbonyl (C=O) groups excluding carboxylic acids is 2. The number of nitrogen functional groups attached to an aromatic ring is 1. The number of nitrogens with two attached hydrogens (primary N) is 1. The molecule has 0 bridgehead atoms. The fraction of sp³-hybridized carbons (Fsp3) is 0.400. The summed E-state index contributed by atoms with van der Waals surface area (Å²) in [6, 6.07) is 2.64. The van der Waals surface area contributed by atoms with Crippen molar-refractivity contribution in [2.24, 2.45) is 13.0 Å². The molecule has 2 rings (SSSR count). The summed E-state index contributed by atoms with van der Waals surface area (Å²) in [5.74, 6) is -1.50. The largest absolute Gasteiger partial charge is 0.493 e. The van der Waals surface area contributed by atoms with Crippen LogP contribution < -0.4 is 26.5 Å². The predicted octanol–water partition coefficient (Wildman–Crippen LogP) is 1.50. The monoisotopic (exact) mass is 453 g/mol. The number of Topliss-reactive ketones (excluding diaryl/α,β-unsaturated/α-hetero) is 1. The van der Waals surface area contributed by atoms with E-state index in [0.717, 1.165) is 9.13 Å². The van der Waals surface area contributed by atoms with Crippen LogP contribution in [0, 0.1) is 5.92 Å². The molecule has 0 aliphatic heterocycles. The summed E-state index contributed by atoms with van der Waals surface area (Å²) in [4.78, 5) is 49.9. The molecule has 0 spiro atoms. The van der Waals surface area contributed by atoms with Gasteiger partial charge in [0.2, 0.25) is 5.78 Å². The zero-order valence-corrected chi connectivity index (χ0v) is 18.6. The number of ether oxygens (including phenoxy) is 3. The standard InChI is InChI=1S/C20H24ClN3O7/c1-10(2)8-24-17(22)15(18(26)23(3)20(24)28)13(25)9-31-19(27)11-6-12(21)16(30-5)14(7-11)29-4/h6-7,10H,8-9,22H2,1-5H3. The van der Waals surface area contributed by atoms with Crippen LogP contribution in [-0.2, 0) is 18.3 Å². The fourth-order valence-electron chi connectivity index (χ4n) is 2.91. The molecule has 0 unspecified atom stereocenters. The normalized spacial score (nSPS) is 10.8. The minimum Gasteiger partial charge on any atom is -0.493 e. The molecule has 1 aromatic heterocycles. The van der Waals surface area contributed by atoms with Crippen LogP contribution in [0.25, 0.3) is 0 Å². The van der Waals surface area contributed by atoms with Crippen molar-refractivity contribution in [1.29, 1.82) is 0 Å². The fourth-order valence-corrected chi connectivity index (χ4v) is 3.20. The molecule has 0 aliphatic carbocycles. The van der Waals surface area contributed by atoms with Gasteiger partial charge in [-0.1, -0.05) is 25.4 Å². The van der Waals surface area contributed by atoms with Gasteiger partial charge in [0, 0.05) is 13.6 Å². The van der Waals surface area contributed by atoms with Gasteiger partial charge in [-0.05, 0) is 18.1 Å². The van der Waals surface area contributed by atoms with E-state index in [-0.39, 0.29) is 40.4 Å². The van der Waals surface area contributed by atoms with E-state index in [1.165, 1.54) is 33.4 Å². The molecule has 1 heterocycles. The summed E-state index contributed by atoms with van der Waals surface area (Å²) in [5.41, 5.74) is 4.05. The number of ketones is 1. The first-order chi connectivity index (χ1) is 14.5. The van der Waals surface area contributed by atoms with Gasteiger partial charge in [0.1, 0.15) is 11.4 Å². The van der Waals surface area contributed by atoms with Gasteiger partial charge < -0.3 is 19.9 Å². The summed E-state index contributed by atoms with van der Waals surface area (Å²) >= 11 is 6.08. The molecule has 0 amide bonds. The Kier molecular flexibility index (Phi) is 7.50. The van der Waals surface area contributed by atoms with Gasteiger partial charge in [0.05, 0.1) is 24.8 Å². The van der Waals surface area contributed by atoms with Gasteiger partial charge in [0.15, 0.2) is 18.1 Å². The zero-order valence-electron chi connectivity index (χ0n) is 17.9. The summed E-state index contributed by atoms with van der Waals surface area (Å²) in [6.45, 7) is 3.16. The number of methoxy groups -OCH3 is 2. The molecule has 10 nitrogen and oxygen atoms in total. The van der Waals surface area contributed by atoms with E-state index in [0.29, 0.717) is 0 Å². The van der Waals surface area contributed by atoms with Gasteiger partial charge in [0.25, 0.3) is 5.56 Å². The number of hydrogen-bond donors (Lipinski definition) is 1. The number of hydrogen-bond acceptors (Lipinski definition) is 8. The Morgan fingerprint density at radius 1 is 1.16 bits per heavy atom. The van der Waals surface area contributed by atoms with Crippen molar-refractivity contribution in [3.05, 3.63) is 49.1 Å². The van der Waals surface area contributed by atoms with Gasteiger partial charge in [-0.2, -0.15) is 0 Å². The number of benzene rings is 1. The minimum absolute atomic E-state index is 0.0149. The number of nitrogens with zero attached hydrogens (tertiary/aromatic N) is 2. The van der Waals surface area contributed by atoms with E-state index in [1.54, 1.807) is 0 Å². The molecule has 2 aromatic rings. The molecule has 0 radical (unpaired) electrons. The van der Waals surface area contributed by atoms with Crippen molar-refractivity contribution in [1.82, 2.24) is 9.13 Å². The Balaban J connectivity index is 2.32. The highest BCUT2D eigenvalue weighted by Crippen LogP contribution is 2.36. The highest BCUT2D eigenvalue weighted by Gasteiger charge is 2.24. The summed E-state index contributed by atoms with van der Waals surface area (Å²) in [5, 5.41) is 0.110. The quantitative estimate of drug-likeness (QED) is 0.469. The second-order valence-electron chi connectivity index (χ2n) is 7.10. The van der Waals surface area contributed by atoms with Crippen LogP contribution in [-0.4, -0.2) is 41.7 Å². The van der Waals surface area contributed by atoms with Gasteiger partial charge >= 0.3 is 11.7 Å². The van der Waals surface area contributed by atoms with E-state index in [9.17, 15) is 19.2 Å². The van der Waals surface area contributed by atoms with Crippen LogP contribution in [0.2, 0.25) is 5.02 Å². The average Bonchev–Trinajstić information content (AvgIpc) is 2.72. The third-order valence-corrected chi connectivity index (χ3v) is 4.69. The Morgan fingerprint density at radius 2 is 1.81 bits per heavy atom. The number of rotatable bonds is 8. The number of aromatic nitrogens is 2. The van der Waals surface area contributed by atoms with Gasteiger partial charge in [-0.3, -0.25) is 18.7 Å². The van der Waals surface area contributed by atoms with Crippen molar-refractivity contribution >= 4 is 29.2 Å². The lowest BCUT2D eigenvalue weighted by Crippen LogP contribution is -2.43. The van der Waals surface area contributed by atoms with Crippen LogP contribution in [0.15, 0.2) is 21.7 Å². The van der Waals surface area contributed by atoms with Crippen molar-refractivity contribution < 1.29 is 23.8 Å². The predicted molar refractivity (Wildman–Crippen MR) is 114 cm³/mol. The molecule has 0 saturated carbocycles. The van der Waals surface area contributed by atoms with Crippen molar-refractivity contribution in [2.45, 2.75) is 20.4 Å². The minimum atomic E-state index is -0.873. The second kappa shape index (κ2) is 9.69. The molecule has 31 heavy (non-hydrogen) atoms. The first-order valence-electron chi connectivity index (χ1n) is 9.24. The van der Waals surface area contributed by atoms with Crippen LogP contribution in [0.3, 0.4) is 0 Å². The lowest BCUT2D eigenvalue weighted by molar-refractivity contribution is 0.0473. The maximum absolute atomic E-state index is 12.7. The second-order valence-corrected chi connectivity index (χ2v) is 7.51. The highest BCUT2D eigenvalue weighted by atomic mass is 35.5. The summed E-state index contributed by atoms with van der Waals surface area (Å²) < 4.78 is 17.2. The Morgan fingerprint density at radius 3 is 2.35 bits per heavy atom. The maximum Gasteiger partial charge on any atom is 0.338 e. The number of carbonyl (C=O) groups is 2. The summed E-state index contributed by atoms with van der Waals surface area (Å²) in [6.07, 6.45) is 0. The topological polar surface area (TPSA) is 132 Å². The Hall–Kier alpha value is -3.27.